The minimum absolute atomic E-state index is 0.138. The monoisotopic (exact) mass is 553 g/mol. The Balaban J connectivity index is 1.37. The smallest absolute Gasteiger partial charge is 0.249 e. The summed E-state index contributed by atoms with van der Waals surface area (Å²) in [5.41, 5.74) is 5.79. The number of anilines is 1. The number of aliphatic hydroxyl groups excluding tert-OH is 1. The van der Waals surface area contributed by atoms with Crippen molar-refractivity contribution in [1.82, 2.24) is 31.3 Å². The highest BCUT2D eigenvalue weighted by Gasteiger charge is 2.32. The summed E-state index contributed by atoms with van der Waals surface area (Å²) < 4.78 is 0. The number of hydrogen-bond acceptors (Lipinski definition) is 7. The average Bonchev–Trinajstić information content (AvgIpc) is 3.50. The summed E-state index contributed by atoms with van der Waals surface area (Å²) >= 11 is 0. The van der Waals surface area contributed by atoms with E-state index in [0.29, 0.717) is 38.2 Å². The van der Waals surface area contributed by atoms with Gasteiger partial charge in [-0.25, -0.2) is 5.10 Å². The van der Waals surface area contributed by atoms with Gasteiger partial charge in [0.25, 0.3) is 0 Å². The highest BCUT2D eigenvalue weighted by Crippen LogP contribution is 2.32. The molecule has 1 aromatic heterocycles. The van der Waals surface area contributed by atoms with Gasteiger partial charge in [-0.05, 0) is 64.9 Å². The van der Waals surface area contributed by atoms with Crippen molar-refractivity contribution in [2.24, 2.45) is 0 Å². The Kier molecular flexibility index (Phi) is 8.81. The quantitative estimate of drug-likeness (QED) is 0.237. The number of amides is 2. The summed E-state index contributed by atoms with van der Waals surface area (Å²) in [5, 5.41) is 30.0. The molecule has 0 fully saturated rings. The number of carbonyl (C=O) groups excluding carboxylic acids is 2. The van der Waals surface area contributed by atoms with Crippen LogP contribution in [-0.4, -0.2) is 62.3 Å². The molecular weight excluding hydrogens is 518 g/mol. The second-order valence-electron chi connectivity index (χ2n) is 10.4. The second kappa shape index (κ2) is 12.8. The Morgan fingerprint density at radius 1 is 1.07 bits per heavy atom. The average molecular weight is 554 g/mol. The van der Waals surface area contributed by atoms with E-state index in [0.717, 1.165) is 33.5 Å². The molecule has 0 spiro atoms. The van der Waals surface area contributed by atoms with E-state index in [2.05, 4.69) is 31.3 Å². The van der Waals surface area contributed by atoms with Crippen molar-refractivity contribution >= 4 is 17.5 Å². The second-order valence-corrected chi connectivity index (χ2v) is 10.4. The number of aryl methyl sites for hydroxylation is 1. The first kappa shape index (κ1) is 28.1. The molecule has 0 saturated carbocycles. The zero-order chi connectivity index (χ0) is 28.8. The van der Waals surface area contributed by atoms with E-state index >= 15 is 0 Å². The number of nitrogens with one attached hydrogen (secondary N) is 3. The van der Waals surface area contributed by atoms with Crippen molar-refractivity contribution < 1.29 is 14.7 Å². The molecule has 10 heteroatoms. The van der Waals surface area contributed by atoms with Crippen LogP contribution in [0.3, 0.4) is 0 Å². The van der Waals surface area contributed by atoms with Crippen LogP contribution in [0.1, 0.15) is 37.8 Å². The van der Waals surface area contributed by atoms with Crippen LogP contribution in [0.4, 0.5) is 5.69 Å². The lowest BCUT2D eigenvalue weighted by atomic mass is 9.98. The van der Waals surface area contributed by atoms with Gasteiger partial charge in [-0.3, -0.25) is 9.59 Å². The topological polar surface area (TPSA) is 136 Å². The van der Waals surface area contributed by atoms with Crippen molar-refractivity contribution in [2.75, 3.05) is 11.4 Å². The highest BCUT2D eigenvalue weighted by atomic mass is 16.3. The molecular formula is C31H35N7O3. The van der Waals surface area contributed by atoms with E-state index in [1.165, 1.54) is 0 Å². The zero-order valence-corrected chi connectivity index (χ0v) is 23.2. The number of H-pyrrole nitrogens is 1. The molecule has 1 unspecified atom stereocenters. The number of aliphatic hydroxyl groups is 1. The largest absolute Gasteiger partial charge is 0.392 e. The van der Waals surface area contributed by atoms with E-state index in [-0.39, 0.29) is 11.8 Å². The van der Waals surface area contributed by atoms with Crippen LogP contribution < -0.4 is 15.5 Å². The van der Waals surface area contributed by atoms with E-state index in [1.807, 2.05) is 79.7 Å². The standard InChI is InChI=1S/C31H35N7O3/c1-3-26(32-18-20(2)39)30(40)33-27-17-16-23-8-4-7-11-28(23)38(31(27)41)19-21-12-14-22(15-13-21)24-9-5-6-10-25(24)29-34-36-37-35-29/h4-15,20,26-27,32,39H,3,16-19H2,1-2H3,(H,33,40)(H,34,35,36,37)/t20-,26?,27-/m1/s1. The van der Waals surface area contributed by atoms with Gasteiger partial charge in [0.1, 0.15) is 6.04 Å². The highest BCUT2D eigenvalue weighted by molar-refractivity contribution is 6.01. The first-order valence-corrected chi connectivity index (χ1v) is 14.0. The van der Waals surface area contributed by atoms with Gasteiger partial charge in [0.05, 0.1) is 18.7 Å². The number of fused-ring (bicyclic) bond motifs is 1. The molecule has 4 N–H and O–H groups in total. The maximum atomic E-state index is 13.9. The number of aromatic amines is 1. The van der Waals surface area contributed by atoms with Crippen LogP contribution in [0, 0.1) is 0 Å². The van der Waals surface area contributed by atoms with Crippen LogP contribution in [0.15, 0.2) is 72.8 Å². The molecule has 4 aromatic rings. The molecule has 1 aliphatic rings. The lowest BCUT2D eigenvalue weighted by molar-refractivity contribution is -0.129. The molecule has 212 valence electrons. The van der Waals surface area contributed by atoms with E-state index in [4.69, 9.17) is 0 Å². The van der Waals surface area contributed by atoms with Crippen LogP contribution in [0.2, 0.25) is 0 Å². The van der Waals surface area contributed by atoms with Crippen molar-refractivity contribution in [3.63, 3.8) is 0 Å². The third-order valence-electron chi connectivity index (χ3n) is 7.38. The third kappa shape index (κ3) is 6.50. The normalized spacial score (nSPS) is 16.5. The van der Waals surface area contributed by atoms with Gasteiger partial charge in [-0.15, -0.1) is 5.10 Å². The lowest BCUT2D eigenvalue weighted by Crippen LogP contribution is -2.53. The summed E-state index contributed by atoms with van der Waals surface area (Å²) in [5.74, 6) is 0.222. The summed E-state index contributed by atoms with van der Waals surface area (Å²) in [6.07, 6.45) is 1.16. The Morgan fingerprint density at radius 2 is 1.80 bits per heavy atom. The number of aromatic nitrogens is 4. The molecule has 3 aromatic carbocycles. The molecule has 0 radical (unpaired) electrons. The molecule has 2 amide bonds. The molecule has 0 bridgehead atoms. The summed E-state index contributed by atoms with van der Waals surface area (Å²) in [6.45, 7) is 4.24. The first-order valence-electron chi connectivity index (χ1n) is 14.0. The Hall–Kier alpha value is -4.41. The first-order chi connectivity index (χ1) is 19.9. The van der Waals surface area contributed by atoms with Gasteiger partial charge in [-0.2, -0.15) is 0 Å². The number of carbonyl (C=O) groups is 2. The third-order valence-corrected chi connectivity index (χ3v) is 7.38. The fraction of sp³-hybridized carbons (Fsp3) is 0.323. The van der Waals surface area contributed by atoms with E-state index in [9.17, 15) is 14.7 Å². The van der Waals surface area contributed by atoms with Gasteiger partial charge in [0.2, 0.25) is 11.8 Å². The Labute approximate surface area is 239 Å². The summed E-state index contributed by atoms with van der Waals surface area (Å²) in [6, 6.07) is 22.8. The molecule has 1 aliphatic heterocycles. The number of tetrazole rings is 1. The van der Waals surface area contributed by atoms with Crippen LogP contribution in [-0.2, 0) is 22.6 Å². The van der Waals surface area contributed by atoms with Crippen molar-refractivity contribution in [2.45, 2.75) is 57.8 Å². The minimum atomic E-state index is -0.654. The number of para-hydroxylation sites is 1. The molecule has 0 aliphatic carbocycles. The van der Waals surface area contributed by atoms with Gasteiger partial charge in [-0.1, -0.05) is 73.7 Å². The zero-order valence-electron chi connectivity index (χ0n) is 23.2. The number of rotatable bonds is 10. The summed E-state index contributed by atoms with van der Waals surface area (Å²) in [7, 11) is 0. The number of benzene rings is 3. The minimum Gasteiger partial charge on any atom is -0.392 e. The van der Waals surface area contributed by atoms with Gasteiger partial charge in [0.15, 0.2) is 5.82 Å². The number of hydrogen-bond donors (Lipinski definition) is 4. The maximum Gasteiger partial charge on any atom is 0.249 e. The SMILES string of the molecule is CCC(NC[C@@H](C)O)C(=O)N[C@@H]1CCc2ccccc2N(Cc2ccc(-c3ccccc3-c3nnn[nH]3)cc2)C1=O. The predicted molar refractivity (Wildman–Crippen MR) is 157 cm³/mol. The summed E-state index contributed by atoms with van der Waals surface area (Å²) in [4.78, 5) is 28.8. The molecule has 5 rings (SSSR count). The molecule has 2 heterocycles. The van der Waals surface area contributed by atoms with Crippen molar-refractivity contribution in [3.8, 4) is 22.5 Å². The molecule has 41 heavy (non-hydrogen) atoms. The fourth-order valence-electron chi connectivity index (χ4n) is 5.21. The van der Waals surface area contributed by atoms with Gasteiger partial charge in [0, 0.05) is 17.8 Å². The van der Waals surface area contributed by atoms with Crippen LogP contribution in [0.5, 0.6) is 0 Å². The fourth-order valence-corrected chi connectivity index (χ4v) is 5.21. The van der Waals surface area contributed by atoms with Crippen molar-refractivity contribution in [3.05, 3.63) is 83.9 Å². The van der Waals surface area contributed by atoms with Crippen molar-refractivity contribution in [1.29, 1.82) is 0 Å². The van der Waals surface area contributed by atoms with E-state index in [1.54, 1.807) is 11.8 Å². The Bertz CT molecular complexity index is 1470. The molecule has 0 saturated heterocycles. The molecule has 10 nitrogen and oxygen atoms in total. The van der Waals surface area contributed by atoms with E-state index < -0.39 is 18.2 Å². The Morgan fingerprint density at radius 3 is 2.51 bits per heavy atom. The molecule has 3 atom stereocenters. The number of nitrogens with zero attached hydrogens (tertiary/aromatic N) is 4. The predicted octanol–water partition coefficient (Wildman–Crippen LogP) is 3.25. The lowest BCUT2D eigenvalue weighted by Gasteiger charge is -2.27. The van der Waals surface area contributed by atoms with Gasteiger partial charge >= 0.3 is 0 Å². The maximum absolute atomic E-state index is 13.9. The van der Waals surface area contributed by atoms with Crippen LogP contribution >= 0.6 is 0 Å². The van der Waals surface area contributed by atoms with Gasteiger partial charge < -0.3 is 20.6 Å². The van der Waals surface area contributed by atoms with Crippen LogP contribution in [0.25, 0.3) is 22.5 Å².